The highest BCUT2D eigenvalue weighted by molar-refractivity contribution is 9.10. The summed E-state index contributed by atoms with van der Waals surface area (Å²) in [6.07, 6.45) is 0. The lowest BCUT2D eigenvalue weighted by Gasteiger charge is -2.17. The van der Waals surface area contributed by atoms with Crippen LogP contribution in [0.2, 0.25) is 0 Å². The maximum absolute atomic E-state index is 11.8. The Bertz CT molecular complexity index is 458. The smallest absolute Gasteiger partial charge is 0.256 e. The molecule has 1 aliphatic heterocycles. The number of anilines is 1. The minimum absolute atomic E-state index is 0.514. The molecule has 0 amide bonds. The van der Waals surface area contributed by atoms with Crippen molar-refractivity contribution in [1.82, 2.24) is 4.31 Å². The van der Waals surface area contributed by atoms with E-state index in [-0.39, 0.29) is 0 Å². The molecule has 1 heterocycles. The maximum atomic E-state index is 11.8. The van der Waals surface area contributed by atoms with Gasteiger partial charge in [0.1, 0.15) is 0 Å². The number of likely N-dealkylation sites (N-methyl/N-ethyl adjacent to an activating group) is 1. The predicted octanol–water partition coefficient (Wildman–Crippen LogP) is 1.45. The number of halogens is 1. The number of rotatable bonds is 1. The van der Waals surface area contributed by atoms with Gasteiger partial charge >= 0.3 is 10.2 Å². The lowest BCUT2D eigenvalue weighted by Crippen LogP contribution is -2.30. The SMILES string of the molecule is CN1CCN(c2ccc(Br)cc2)S1(=O)=O. The molecule has 0 bridgehead atoms. The lowest BCUT2D eigenvalue weighted by atomic mass is 10.3. The van der Waals surface area contributed by atoms with Gasteiger partial charge in [-0.25, -0.2) is 0 Å². The van der Waals surface area contributed by atoms with Crippen LogP contribution in [-0.2, 0) is 10.2 Å². The second-order valence-corrected chi connectivity index (χ2v) is 6.25. The van der Waals surface area contributed by atoms with E-state index in [4.69, 9.17) is 0 Å². The Morgan fingerprint density at radius 2 is 1.80 bits per heavy atom. The third-order valence-electron chi connectivity index (χ3n) is 2.40. The van der Waals surface area contributed by atoms with Crippen LogP contribution in [0, 0.1) is 0 Å². The molecule has 2 rings (SSSR count). The highest BCUT2D eigenvalue weighted by Crippen LogP contribution is 2.25. The van der Waals surface area contributed by atoms with Crippen LogP contribution in [-0.4, -0.2) is 32.9 Å². The molecule has 1 saturated heterocycles. The quantitative estimate of drug-likeness (QED) is 0.785. The van der Waals surface area contributed by atoms with Crippen LogP contribution in [0.4, 0.5) is 5.69 Å². The molecule has 15 heavy (non-hydrogen) atoms. The van der Waals surface area contributed by atoms with Gasteiger partial charge in [0.05, 0.1) is 5.69 Å². The van der Waals surface area contributed by atoms with E-state index >= 15 is 0 Å². The number of hydrogen-bond donors (Lipinski definition) is 0. The summed E-state index contributed by atoms with van der Waals surface area (Å²) >= 11 is 3.32. The summed E-state index contributed by atoms with van der Waals surface area (Å²) in [7, 11) is -1.69. The Morgan fingerprint density at radius 1 is 1.20 bits per heavy atom. The molecule has 0 radical (unpaired) electrons. The van der Waals surface area contributed by atoms with Gasteiger partial charge in [-0.05, 0) is 24.3 Å². The van der Waals surface area contributed by atoms with E-state index < -0.39 is 10.2 Å². The van der Waals surface area contributed by atoms with Crippen molar-refractivity contribution in [2.75, 3.05) is 24.4 Å². The van der Waals surface area contributed by atoms with Crippen LogP contribution in [0.1, 0.15) is 0 Å². The van der Waals surface area contributed by atoms with Gasteiger partial charge in [-0.2, -0.15) is 12.7 Å². The Morgan fingerprint density at radius 3 is 2.27 bits per heavy atom. The second-order valence-electron chi connectivity index (χ2n) is 3.38. The van der Waals surface area contributed by atoms with Crippen molar-refractivity contribution in [1.29, 1.82) is 0 Å². The van der Waals surface area contributed by atoms with Gasteiger partial charge in [0.25, 0.3) is 0 Å². The number of benzene rings is 1. The number of hydrogen-bond acceptors (Lipinski definition) is 2. The average molecular weight is 291 g/mol. The Balaban J connectivity index is 2.37. The van der Waals surface area contributed by atoms with Gasteiger partial charge < -0.3 is 0 Å². The predicted molar refractivity (Wildman–Crippen MR) is 63.0 cm³/mol. The minimum Gasteiger partial charge on any atom is -0.256 e. The molecule has 1 aromatic carbocycles. The Hall–Kier alpha value is -0.590. The molecule has 1 aliphatic rings. The Kier molecular flexibility index (Phi) is 2.74. The molecule has 0 atom stereocenters. The average Bonchev–Trinajstić information content (AvgIpc) is 2.44. The number of nitrogens with zero attached hydrogens (tertiary/aromatic N) is 2. The van der Waals surface area contributed by atoms with Crippen molar-refractivity contribution in [3.05, 3.63) is 28.7 Å². The van der Waals surface area contributed by atoms with Gasteiger partial charge in [0.15, 0.2) is 0 Å². The van der Waals surface area contributed by atoms with Crippen molar-refractivity contribution in [3.63, 3.8) is 0 Å². The normalized spacial score (nSPS) is 20.8. The van der Waals surface area contributed by atoms with Crippen molar-refractivity contribution in [3.8, 4) is 0 Å². The molecule has 0 spiro atoms. The fourth-order valence-electron chi connectivity index (χ4n) is 1.50. The molecule has 0 saturated carbocycles. The molecule has 1 fully saturated rings. The van der Waals surface area contributed by atoms with E-state index in [2.05, 4.69) is 15.9 Å². The first kappa shape index (κ1) is 10.9. The second kappa shape index (κ2) is 3.77. The molecule has 0 aliphatic carbocycles. The van der Waals surface area contributed by atoms with Crippen molar-refractivity contribution >= 4 is 31.8 Å². The van der Waals surface area contributed by atoms with E-state index in [0.29, 0.717) is 18.8 Å². The van der Waals surface area contributed by atoms with Gasteiger partial charge in [-0.15, -0.1) is 0 Å². The summed E-state index contributed by atoms with van der Waals surface area (Å²) in [5, 5.41) is 0. The van der Waals surface area contributed by atoms with Crippen LogP contribution < -0.4 is 4.31 Å². The summed E-state index contributed by atoms with van der Waals surface area (Å²) in [6, 6.07) is 7.26. The molecule has 0 unspecified atom stereocenters. The van der Waals surface area contributed by atoms with Crippen LogP contribution >= 0.6 is 15.9 Å². The summed E-state index contributed by atoms with van der Waals surface area (Å²) in [4.78, 5) is 0. The molecule has 0 aromatic heterocycles. The van der Waals surface area contributed by atoms with Crippen LogP contribution in [0.5, 0.6) is 0 Å². The minimum atomic E-state index is -3.28. The maximum Gasteiger partial charge on any atom is 0.303 e. The van der Waals surface area contributed by atoms with E-state index in [1.165, 1.54) is 8.61 Å². The zero-order chi connectivity index (χ0) is 11.1. The van der Waals surface area contributed by atoms with Crippen LogP contribution in [0.3, 0.4) is 0 Å². The Labute approximate surface area is 97.8 Å². The fourth-order valence-corrected chi connectivity index (χ4v) is 3.11. The highest BCUT2D eigenvalue weighted by atomic mass is 79.9. The molecule has 4 nitrogen and oxygen atoms in total. The summed E-state index contributed by atoms with van der Waals surface area (Å²) in [5.41, 5.74) is 0.711. The van der Waals surface area contributed by atoms with Crippen molar-refractivity contribution in [2.24, 2.45) is 0 Å². The topological polar surface area (TPSA) is 40.6 Å². The first-order chi connectivity index (χ1) is 7.01. The first-order valence-corrected chi connectivity index (χ1v) is 6.70. The van der Waals surface area contributed by atoms with E-state index in [1.807, 2.05) is 12.1 Å². The van der Waals surface area contributed by atoms with Crippen molar-refractivity contribution in [2.45, 2.75) is 0 Å². The summed E-state index contributed by atoms with van der Waals surface area (Å²) in [5.74, 6) is 0. The summed E-state index contributed by atoms with van der Waals surface area (Å²) in [6.45, 7) is 1.05. The lowest BCUT2D eigenvalue weighted by molar-refractivity contribution is 0.511. The molecule has 1 aromatic rings. The fraction of sp³-hybridized carbons (Fsp3) is 0.333. The van der Waals surface area contributed by atoms with Gasteiger partial charge in [0, 0.05) is 24.6 Å². The van der Waals surface area contributed by atoms with Gasteiger partial charge in [-0.1, -0.05) is 15.9 Å². The standard InChI is InChI=1S/C9H11BrN2O2S/c1-11-6-7-12(15(11,13)14)9-4-2-8(10)3-5-9/h2-5H,6-7H2,1H3. The van der Waals surface area contributed by atoms with Crippen LogP contribution in [0.25, 0.3) is 0 Å². The first-order valence-electron chi connectivity index (χ1n) is 4.51. The zero-order valence-corrected chi connectivity index (χ0v) is 10.6. The van der Waals surface area contributed by atoms with Gasteiger partial charge in [-0.3, -0.25) is 4.31 Å². The summed E-state index contributed by atoms with van der Waals surface area (Å²) < 4.78 is 27.3. The highest BCUT2D eigenvalue weighted by Gasteiger charge is 2.33. The molecule has 82 valence electrons. The van der Waals surface area contributed by atoms with Crippen LogP contribution in [0.15, 0.2) is 28.7 Å². The van der Waals surface area contributed by atoms with Crippen molar-refractivity contribution < 1.29 is 8.42 Å². The van der Waals surface area contributed by atoms with E-state index in [0.717, 1.165) is 4.47 Å². The third-order valence-corrected chi connectivity index (χ3v) is 4.85. The molecular weight excluding hydrogens is 280 g/mol. The molecule has 0 N–H and O–H groups in total. The van der Waals surface area contributed by atoms with Gasteiger partial charge in [0.2, 0.25) is 0 Å². The zero-order valence-electron chi connectivity index (χ0n) is 8.22. The third kappa shape index (κ3) is 1.89. The molecular formula is C9H11BrN2O2S. The largest absolute Gasteiger partial charge is 0.303 e. The monoisotopic (exact) mass is 290 g/mol. The van der Waals surface area contributed by atoms with E-state index in [1.54, 1.807) is 19.2 Å². The molecule has 6 heteroatoms. The van der Waals surface area contributed by atoms with E-state index in [9.17, 15) is 8.42 Å².